The molecule has 0 bridgehead atoms. The van der Waals surface area contributed by atoms with Crippen LogP contribution in [0.5, 0.6) is 0 Å². The highest BCUT2D eigenvalue weighted by molar-refractivity contribution is 6.32. The summed E-state index contributed by atoms with van der Waals surface area (Å²) < 4.78 is 3.50. The van der Waals surface area contributed by atoms with Gasteiger partial charge in [-0.3, -0.25) is 14.5 Å². The van der Waals surface area contributed by atoms with Gasteiger partial charge in [0.15, 0.2) is 5.65 Å². The molecule has 0 aliphatic rings. The van der Waals surface area contributed by atoms with Crippen LogP contribution in [0.15, 0.2) is 55.2 Å². The summed E-state index contributed by atoms with van der Waals surface area (Å²) >= 11 is 6.10. The number of imidazole rings is 1. The number of aromatic nitrogens is 5. The summed E-state index contributed by atoms with van der Waals surface area (Å²) in [5, 5.41) is 16.8. The molecule has 0 aliphatic heterocycles. The van der Waals surface area contributed by atoms with Crippen molar-refractivity contribution in [1.29, 1.82) is 5.26 Å². The average molecular weight is 406 g/mol. The van der Waals surface area contributed by atoms with Crippen molar-refractivity contribution in [2.75, 3.05) is 0 Å². The second-order valence-electron chi connectivity index (χ2n) is 6.57. The topological polar surface area (TPSA) is 101 Å². The molecule has 3 heterocycles. The smallest absolute Gasteiger partial charge is 0.271 e. The van der Waals surface area contributed by atoms with E-state index in [0.717, 1.165) is 11.3 Å². The lowest BCUT2D eigenvalue weighted by Crippen LogP contribution is -2.36. The fourth-order valence-electron chi connectivity index (χ4n) is 2.96. The van der Waals surface area contributed by atoms with Gasteiger partial charge in [-0.2, -0.15) is 10.4 Å². The zero-order valence-corrected chi connectivity index (χ0v) is 16.2. The van der Waals surface area contributed by atoms with Gasteiger partial charge in [0.25, 0.3) is 5.91 Å². The Morgan fingerprint density at radius 3 is 2.97 bits per heavy atom. The minimum atomic E-state index is -0.257. The molecule has 1 aromatic carbocycles. The molecule has 0 saturated carbocycles. The van der Waals surface area contributed by atoms with Crippen molar-refractivity contribution in [3.05, 3.63) is 71.5 Å². The Morgan fingerprint density at radius 1 is 1.34 bits per heavy atom. The largest absolute Gasteiger partial charge is 0.346 e. The minimum absolute atomic E-state index is 0.164. The number of carbonyl (C=O) groups excluding carboxylic acids is 1. The van der Waals surface area contributed by atoms with Crippen molar-refractivity contribution in [3.63, 3.8) is 0 Å². The van der Waals surface area contributed by atoms with E-state index < -0.39 is 0 Å². The van der Waals surface area contributed by atoms with Gasteiger partial charge >= 0.3 is 0 Å². The molecule has 9 heteroatoms. The Kier molecular flexibility index (Phi) is 4.97. The van der Waals surface area contributed by atoms with E-state index in [2.05, 4.69) is 20.4 Å². The van der Waals surface area contributed by atoms with E-state index >= 15 is 0 Å². The van der Waals surface area contributed by atoms with E-state index in [1.807, 2.05) is 25.3 Å². The van der Waals surface area contributed by atoms with Gasteiger partial charge in [0.05, 0.1) is 29.0 Å². The molecule has 0 aliphatic carbocycles. The van der Waals surface area contributed by atoms with Crippen LogP contribution in [0.4, 0.5) is 0 Å². The van der Waals surface area contributed by atoms with Crippen LogP contribution in [0.1, 0.15) is 23.0 Å². The second-order valence-corrected chi connectivity index (χ2v) is 6.98. The Bertz CT molecular complexity index is 1200. The molecule has 0 saturated heterocycles. The number of amides is 1. The molecule has 0 spiro atoms. The lowest BCUT2D eigenvalue weighted by Gasteiger charge is -2.13. The Balaban J connectivity index is 1.42. The maximum absolute atomic E-state index is 12.5. The van der Waals surface area contributed by atoms with E-state index in [9.17, 15) is 4.79 Å². The number of hydrogen-bond donors (Lipinski definition) is 1. The van der Waals surface area contributed by atoms with Crippen molar-refractivity contribution >= 4 is 23.2 Å². The van der Waals surface area contributed by atoms with E-state index in [4.69, 9.17) is 16.9 Å². The number of rotatable bonds is 5. The van der Waals surface area contributed by atoms with Crippen molar-refractivity contribution in [3.8, 4) is 17.3 Å². The van der Waals surface area contributed by atoms with E-state index in [1.165, 1.54) is 0 Å². The highest BCUT2D eigenvalue weighted by Crippen LogP contribution is 2.24. The summed E-state index contributed by atoms with van der Waals surface area (Å²) in [5.74, 6) is -0.257. The summed E-state index contributed by atoms with van der Waals surface area (Å²) in [7, 11) is 0. The molecule has 29 heavy (non-hydrogen) atoms. The molecule has 8 nitrogen and oxygen atoms in total. The lowest BCUT2D eigenvalue weighted by atomic mass is 10.1. The third-order valence-corrected chi connectivity index (χ3v) is 4.67. The standard InChI is InChI=1S/C20H16ClN7O/c1-13(24-20(29)18-12-27-7-5-23-10-19(27)25-18)11-28-6-4-17(26-28)14-2-3-15(9-22)16(21)8-14/h2-8,10,12-13H,11H2,1H3,(H,24,29). The van der Waals surface area contributed by atoms with Crippen LogP contribution >= 0.6 is 11.6 Å². The summed E-state index contributed by atoms with van der Waals surface area (Å²) in [6, 6.07) is 8.93. The van der Waals surface area contributed by atoms with Crippen LogP contribution in [0.2, 0.25) is 5.02 Å². The van der Waals surface area contributed by atoms with E-state index in [1.54, 1.807) is 52.1 Å². The van der Waals surface area contributed by atoms with Crippen molar-refractivity contribution in [1.82, 2.24) is 29.5 Å². The van der Waals surface area contributed by atoms with Crippen LogP contribution in [0, 0.1) is 11.3 Å². The van der Waals surface area contributed by atoms with Gasteiger partial charge < -0.3 is 9.72 Å². The van der Waals surface area contributed by atoms with Crippen LogP contribution < -0.4 is 5.32 Å². The first kappa shape index (κ1) is 18.7. The number of halogens is 1. The predicted octanol–water partition coefficient (Wildman–Crippen LogP) is 2.94. The van der Waals surface area contributed by atoms with E-state index in [0.29, 0.717) is 28.5 Å². The Hall–Kier alpha value is -3.70. The van der Waals surface area contributed by atoms with Gasteiger partial charge in [0, 0.05) is 36.4 Å². The van der Waals surface area contributed by atoms with Gasteiger partial charge in [-0.05, 0) is 25.1 Å². The van der Waals surface area contributed by atoms with Gasteiger partial charge in [0.1, 0.15) is 11.8 Å². The number of nitriles is 1. The molecule has 1 amide bonds. The fraction of sp³-hybridized carbons (Fsp3) is 0.150. The first-order valence-corrected chi connectivity index (χ1v) is 9.24. The number of nitrogens with zero attached hydrogens (tertiary/aromatic N) is 6. The second kappa shape index (κ2) is 7.73. The fourth-order valence-corrected chi connectivity index (χ4v) is 3.18. The molecule has 1 N–H and O–H groups in total. The normalized spacial score (nSPS) is 11.9. The highest BCUT2D eigenvalue weighted by atomic mass is 35.5. The monoisotopic (exact) mass is 405 g/mol. The van der Waals surface area contributed by atoms with Gasteiger partial charge in [-0.15, -0.1) is 0 Å². The SMILES string of the molecule is CC(Cn1ccc(-c2ccc(C#N)c(Cl)c2)n1)NC(=O)c1cn2ccncc2n1. The number of nitrogens with one attached hydrogen (secondary N) is 1. The maximum atomic E-state index is 12.5. The molecule has 0 radical (unpaired) electrons. The van der Waals surface area contributed by atoms with E-state index in [-0.39, 0.29) is 11.9 Å². The molecular formula is C20H16ClN7O. The highest BCUT2D eigenvalue weighted by Gasteiger charge is 2.15. The predicted molar refractivity (Wildman–Crippen MR) is 107 cm³/mol. The first-order chi connectivity index (χ1) is 14.0. The molecule has 1 atom stereocenters. The maximum Gasteiger partial charge on any atom is 0.271 e. The van der Waals surface area contributed by atoms with Crippen molar-refractivity contribution < 1.29 is 4.79 Å². The Labute approximate surface area is 171 Å². The van der Waals surface area contributed by atoms with Crippen molar-refractivity contribution in [2.24, 2.45) is 0 Å². The zero-order chi connectivity index (χ0) is 20.4. The third kappa shape index (κ3) is 3.95. The molecule has 4 aromatic rings. The number of fused-ring (bicyclic) bond motifs is 1. The van der Waals surface area contributed by atoms with Crippen LogP contribution in [0.25, 0.3) is 16.9 Å². The molecule has 3 aromatic heterocycles. The Morgan fingerprint density at radius 2 is 2.21 bits per heavy atom. The van der Waals surface area contributed by atoms with Crippen LogP contribution in [-0.2, 0) is 6.54 Å². The third-order valence-electron chi connectivity index (χ3n) is 4.36. The molecule has 0 fully saturated rings. The lowest BCUT2D eigenvalue weighted by molar-refractivity contribution is 0.0931. The quantitative estimate of drug-likeness (QED) is 0.550. The van der Waals surface area contributed by atoms with Gasteiger partial charge in [0.2, 0.25) is 0 Å². The summed E-state index contributed by atoms with van der Waals surface area (Å²) in [6.07, 6.45) is 8.47. The molecule has 4 rings (SSSR count). The number of hydrogen-bond acceptors (Lipinski definition) is 5. The van der Waals surface area contributed by atoms with Crippen molar-refractivity contribution in [2.45, 2.75) is 19.5 Å². The summed E-state index contributed by atoms with van der Waals surface area (Å²) in [5.41, 5.74) is 2.93. The van der Waals surface area contributed by atoms with Crippen LogP contribution in [0.3, 0.4) is 0 Å². The average Bonchev–Trinajstić information content (AvgIpc) is 3.34. The van der Waals surface area contributed by atoms with Gasteiger partial charge in [-0.1, -0.05) is 17.7 Å². The summed E-state index contributed by atoms with van der Waals surface area (Å²) in [4.78, 5) is 20.7. The summed E-state index contributed by atoms with van der Waals surface area (Å²) in [6.45, 7) is 2.39. The number of benzene rings is 1. The molecule has 1 unspecified atom stereocenters. The zero-order valence-electron chi connectivity index (χ0n) is 15.5. The molecular weight excluding hydrogens is 390 g/mol. The molecule has 144 valence electrons. The first-order valence-electron chi connectivity index (χ1n) is 8.86. The van der Waals surface area contributed by atoms with Gasteiger partial charge in [-0.25, -0.2) is 4.98 Å². The minimum Gasteiger partial charge on any atom is -0.346 e. The van der Waals surface area contributed by atoms with Crippen LogP contribution in [-0.4, -0.2) is 36.1 Å². The number of carbonyl (C=O) groups is 1.